The van der Waals surface area contributed by atoms with Gasteiger partial charge in [0, 0.05) is 31.6 Å². The second kappa shape index (κ2) is 6.59. The van der Waals surface area contributed by atoms with Gasteiger partial charge < -0.3 is 14.2 Å². The number of hydrogen-bond donors (Lipinski definition) is 0. The molecule has 0 bridgehead atoms. The molecule has 1 amide bonds. The highest BCUT2D eigenvalue weighted by Crippen LogP contribution is 2.36. The lowest BCUT2D eigenvalue weighted by molar-refractivity contribution is -0.136. The monoisotopic (exact) mass is 319 g/mol. The van der Waals surface area contributed by atoms with Crippen molar-refractivity contribution >= 4 is 5.91 Å². The van der Waals surface area contributed by atoms with Crippen LogP contribution in [0.25, 0.3) is 0 Å². The van der Waals surface area contributed by atoms with Crippen LogP contribution in [0.2, 0.25) is 0 Å². The first-order chi connectivity index (χ1) is 11.3. The molecule has 1 aromatic rings. The van der Waals surface area contributed by atoms with E-state index in [9.17, 15) is 4.79 Å². The highest BCUT2D eigenvalue weighted by Gasteiger charge is 2.38. The van der Waals surface area contributed by atoms with Crippen LogP contribution in [-0.4, -0.2) is 40.7 Å². The molecule has 3 aliphatic rings. The lowest BCUT2D eigenvalue weighted by atomic mass is 10.00. The number of nitrogens with zero attached hydrogens (tertiary/aromatic N) is 3. The molecule has 0 aromatic carbocycles. The summed E-state index contributed by atoms with van der Waals surface area (Å²) in [7, 11) is 0. The van der Waals surface area contributed by atoms with Crippen LogP contribution in [0.3, 0.4) is 0 Å². The van der Waals surface area contributed by atoms with Gasteiger partial charge in [0.2, 0.25) is 11.8 Å². The van der Waals surface area contributed by atoms with Gasteiger partial charge in [-0.2, -0.15) is 4.98 Å². The average molecular weight is 319 g/mol. The third-order valence-electron chi connectivity index (χ3n) is 5.57. The van der Waals surface area contributed by atoms with Gasteiger partial charge >= 0.3 is 0 Å². The minimum Gasteiger partial charge on any atom is -0.381 e. The van der Waals surface area contributed by atoms with Gasteiger partial charge in [0.05, 0.1) is 0 Å². The zero-order valence-corrected chi connectivity index (χ0v) is 13.6. The maximum Gasteiger partial charge on any atom is 0.249 e. The number of ether oxygens (including phenoxy) is 1. The van der Waals surface area contributed by atoms with Crippen LogP contribution in [0.4, 0.5) is 0 Å². The quantitative estimate of drug-likeness (QED) is 0.857. The topological polar surface area (TPSA) is 68.5 Å². The molecule has 1 atom stereocenters. The molecule has 6 nitrogen and oxygen atoms in total. The van der Waals surface area contributed by atoms with Gasteiger partial charge in [-0.3, -0.25) is 4.79 Å². The molecule has 4 rings (SSSR count). The Morgan fingerprint density at radius 3 is 2.61 bits per heavy atom. The summed E-state index contributed by atoms with van der Waals surface area (Å²) in [5.74, 6) is 2.28. The summed E-state index contributed by atoms with van der Waals surface area (Å²) in [6, 6.07) is -0.0100. The molecular weight excluding hydrogens is 294 g/mol. The Hall–Kier alpha value is -1.43. The summed E-state index contributed by atoms with van der Waals surface area (Å²) in [6.45, 7) is 2.36. The van der Waals surface area contributed by atoms with E-state index in [2.05, 4.69) is 10.1 Å². The Morgan fingerprint density at radius 1 is 1.04 bits per heavy atom. The molecule has 1 saturated carbocycles. The van der Waals surface area contributed by atoms with E-state index in [1.165, 1.54) is 12.8 Å². The third-order valence-corrected chi connectivity index (χ3v) is 5.57. The maximum atomic E-state index is 12.8. The van der Waals surface area contributed by atoms with Crippen LogP contribution < -0.4 is 0 Å². The number of aromatic nitrogens is 2. The average Bonchev–Trinajstić information content (AvgIpc) is 3.35. The molecule has 1 unspecified atom stereocenters. The van der Waals surface area contributed by atoms with Crippen molar-refractivity contribution < 1.29 is 14.1 Å². The van der Waals surface area contributed by atoms with Crippen LogP contribution in [0.5, 0.6) is 0 Å². The molecule has 6 heteroatoms. The van der Waals surface area contributed by atoms with Crippen LogP contribution >= 0.6 is 0 Å². The van der Waals surface area contributed by atoms with Gasteiger partial charge in [0.25, 0.3) is 0 Å². The van der Waals surface area contributed by atoms with Crippen molar-refractivity contribution in [1.29, 1.82) is 0 Å². The van der Waals surface area contributed by atoms with Crippen molar-refractivity contribution in [2.45, 2.75) is 63.3 Å². The molecule has 3 heterocycles. The number of carbonyl (C=O) groups is 1. The van der Waals surface area contributed by atoms with E-state index in [0.29, 0.717) is 17.7 Å². The lowest BCUT2D eigenvalue weighted by Gasteiger charge is -2.25. The van der Waals surface area contributed by atoms with E-state index in [1.807, 2.05) is 4.90 Å². The predicted octanol–water partition coefficient (Wildman–Crippen LogP) is 2.82. The smallest absolute Gasteiger partial charge is 0.249 e. The van der Waals surface area contributed by atoms with Crippen molar-refractivity contribution in [3.8, 4) is 0 Å². The van der Waals surface area contributed by atoms with Gasteiger partial charge in [-0.1, -0.05) is 18.0 Å². The van der Waals surface area contributed by atoms with Crippen molar-refractivity contribution in [3.05, 3.63) is 11.7 Å². The molecule has 2 aliphatic heterocycles. The van der Waals surface area contributed by atoms with Crippen LogP contribution in [-0.2, 0) is 9.53 Å². The first-order valence-corrected chi connectivity index (χ1v) is 9.04. The first-order valence-electron chi connectivity index (χ1n) is 9.04. The van der Waals surface area contributed by atoms with Crippen molar-refractivity contribution in [1.82, 2.24) is 15.0 Å². The normalized spacial score (nSPS) is 27.0. The minimum atomic E-state index is -0.0100. The second-order valence-electron chi connectivity index (χ2n) is 7.05. The fourth-order valence-corrected chi connectivity index (χ4v) is 4.20. The number of amides is 1. The molecule has 0 spiro atoms. The van der Waals surface area contributed by atoms with Crippen LogP contribution in [0, 0.1) is 5.92 Å². The van der Waals surface area contributed by atoms with Gasteiger partial charge in [0.1, 0.15) is 6.04 Å². The summed E-state index contributed by atoms with van der Waals surface area (Å²) in [6.07, 6.45) is 8.32. The minimum absolute atomic E-state index is 0.0100. The Morgan fingerprint density at radius 2 is 1.83 bits per heavy atom. The molecule has 2 saturated heterocycles. The Balaban J connectivity index is 1.47. The van der Waals surface area contributed by atoms with E-state index in [-0.39, 0.29) is 12.0 Å². The van der Waals surface area contributed by atoms with Crippen LogP contribution in [0.1, 0.15) is 75.0 Å². The molecule has 1 aromatic heterocycles. The zero-order chi connectivity index (χ0) is 15.6. The summed E-state index contributed by atoms with van der Waals surface area (Å²) >= 11 is 0. The molecule has 126 valence electrons. The molecular formula is C17H25N3O3. The summed E-state index contributed by atoms with van der Waals surface area (Å²) in [5.41, 5.74) is 0. The Kier molecular flexibility index (Phi) is 4.33. The van der Waals surface area contributed by atoms with E-state index >= 15 is 0 Å². The molecule has 0 radical (unpaired) electrons. The van der Waals surface area contributed by atoms with E-state index in [1.54, 1.807) is 0 Å². The zero-order valence-electron chi connectivity index (χ0n) is 13.6. The standard InChI is InChI=1S/C17H25N3O3/c21-17(13-4-1-2-5-13)20-9-3-6-14(20)16-18-15(19-23-16)12-7-10-22-11-8-12/h12-14H,1-11H2. The highest BCUT2D eigenvalue weighted by molar-refractivity contribution is 5.79. The third kappa shape index (κ3) is 3.01. The Labute approximate surface area is 136 Å². The van der Waals surface area contributed by atoms with Gasteiger partial charge in [-0.15, -0.1) is 0 Å². The largest absolute Gasteiger partial charge is 0.381 e. The van der Waals surface area contributed by atoms with Crippen LogP contribution in [0.15, 0.2) is 4.52 Å². The highest BCUT2D eigenvalue weighted by atomic mass is 16.5. The first kappa shape index (κ1) is 15.1. The number of carbonyl (C=O) groups excluding carboxylic acids is 1. The molecule has 1 aliphatic carbocycles. The fourth-order valence-electron chi connectivity index (χ4n) is 4.20. The predicted molar refractivity (Wildman–Crippen MR) is 82.7 cm³/mol. The van der Waals surface area contributed by atoms with Crippen molar-refractivity contribution in [2.24, 2.45) is 5.92 Å². The molecule has 23 heavy (non-hydrogen) atoms. The fraction of sp³-hybridized carbons (Fsp3) is 0.824. The van der Waals surface area contributed by atoms with E-state index in [4.69, 9.17) is 9.26 Å². The summed E-state index contributed by atoms with van der Waals surface area (Å²) < 4.78 is 10.9. The summed E-state index contributed by atoms with van der Waals surface area (Å²) in [4.78, 5) is 19.4. The van der Waals surface area contributed by atoms with E-state index in [0.717, 1.165) is 64.1 Å². The second-order valence-corrected chi connectivity index (χ2v) is 7.05. The Bertz CT molecular complexity index is 547. The maximum absolute atomic E-state index is 12.8. The number of hydrogen-bond acceptors (Lipinski definition) is 5. The molecule has 3 fully saturated rings. The van der Waals surface area contributed by atoms with Crippen molar-refractivity contribution in [3.63, 3.8) is 0 Å². The van der Waals surface area contributed by atoms with E-state index < -0.39 is 0 Å². The van der Waals surface area contributed by atoms with Crippen molar-refractivity contribution in [2.75, 3.05) is 19.8 Å². The lowest BCUT2D eigenvalue weighted by Crippen LogP contribution is -2.35. The van der Waals surface area contributed by atoms with Gasteiger partial charge in [-0.25, -0.2) is 0 Å². The SMILES string of the molecule is O=C(C1CCCC1)N1CCCC1c1nc(C2CCOCC2)no1. The van der Waals surface area contributed by atoms with Gasteiger partial charge in [0.15, 0.2) is 5.82 Å². The van der Waals surface area contributed by atoms with Gasteiger partial charge in [-0.05, 0) is 38.5 Å². The summed E-state index contributed by atoms with van der Waals surface area (Å²) in [5, 5.41) is 4.20. The number of likely N-dealkylation sites (tertiary alicyclic amines) is 1. The molecule has 0 N–H and O–H groups in total. The number of rotatable bonds is 3.